The maximum atomic E-state index is 14.6. The number of ketones is 2. The molecule has 0 spiro atoms. The smallest absolute Gasteiger partial charge is 0.329 e. The molecule has 15 heteroatoms. The summed E-state index contributed by atoms with van der Waals surface area (Å²) < 4.78 is 35.6. The summed E-state index contributed by atoms with van der Waals surface area (Å²) in [6.45, 7) is 13.8. The van der Waals surface area contributed by atoms with Crippen LogP contribution in [0.15, 0.2) is 36.0 Å². The van der Waals surface area contributed by atoms with Crippen LogP contribution in [0.4, 0.5) is 0 Å². The fourth-order valence-corrected chi connectivity index (χ4v) is 12.5. The van der Waals surface area contributed by atoms with Crippen molar-refractivity contribution in [3.63, 3.8) is 0 Å². The molecule has 2 bridgehead atoms. The summed E-state index contributed by atoms with van der Waals surface area (Å²) in [5.41, 5.74) is 1.68. The average Bonchev–Trinajstić information content (AvgIpc) is 3.73. The fourth-order valence-electron chi connectivity index (χ4n) is 11.1. The fraction of sp³-hybridized carbons (Fsp3) is 0.788. The molecule has 5 rings (SSSR count). The van der Waals surface area contributed by atoms with E-state index in [0.717, 1.165) is 56.3 Å². The van der Waals surface area contributed by atoms with Gasteiger partial charge < -0.3 is 43.5 Å². The van der Waals surface area contributed by atoms with Crippen LogP contribution in [0.2, 0.25) is 0 Å². The van der Waals surface area contributed by atoms with Gasteiger partial charge in [-0.25, -0.2) is 4.79 Å². The normalized spacial score (nSPS) is 38.8. The number of esters is 2. The van der Waals surface area contributed by atoms with E-state index >= 15 is 0 Å². The van der Waals surface area contributed by atoms with Crippen LogP contribution in [0, 0.1) is 35.5 Å². The van der Waals surface area contributed by atoms with E-state index in [1.54, 1.807) is 27.0 Å². The monoisotopic (exact) mass is 960 g/mol. The second-order valence-electron chi connectivity index (χ2n) is 20.3. The number of allylic oxidation sites excluding steroid dienone is 4. The Labute approximate surface area is 403 Å². The van der Waals surface area contributed by atoms with Gasteiger partial charge in [0.2, 0.25) is 5.79 Å². The van der Waals surface area contributed by atoms with Crippen molar-refractivity contribution in [3.05, 3.63) is 36.0 Å². The number of nitrogens with zero attached hydrogens (tertiary/aromatic N) is 1. The second kappa shape index (κ2) is 25.8. The van der Waals surface area contributed by atoms with Gasteiger partial charge in [0.05, 0.1) is 36.9 Å². The lowest BCUT2D eigenvalue weighted by atomic mass is 9.82. The molecule has 2 unspecified atom stereocenters. The van der Waals surface area contributed by atoms with Crippen LogP contribution in [0.25, 0.3) is 0 Å². The molecule has 15 atom stereocenters. The number of unbranched alkanes of at least 4 members (excludes halogenated alkanes) is 1. The minimum Gasteiger partial charge on any atom is -0.465 e. The van der Waals surface area contributed by atoms with E-state index in [-0.39, 0.29) is 61.4 Å². The number of Topliss-reactive ketones (excluding diaryl/α,β-unsaturated/α-hetero) is 2. The molecule has 1 aliphatic carbocycles. The molecule has 67 heavy (non-hydrogen) atoms. The van der Waals surface area contributed by atoms with E-state index in [0.29, 0.717) is 49.5 Å². The molecule has 0 aromatic carbocycles. The van der Waals surface area contributed by atoms with E-state index in [1.165, 1.54) is 19.1 Å². The molecule has 0 radical (unpaired) electrons. The first-order chi connectivity index (χ1) is 31.9. The predicted octanol–water partition coefficient (Wildman–Crippen LogP) is 7.11. The lowest BCUT2D eigenvalue weighted by Crippen LogP contribution is -2.64. The van der Waals surface area contributed by atoms with Crippen molar-refractivity contribution >= 4 is 41.2 Å². The van der Waals surface area contributed by atoms with Crippen molar-refractivity contribution in [1.29, 1.82) is 0 Å². The van der Waals surface area contributed by atoms with Crippen molar-refractivity contribution in [2.75, 3.05) is 40.2 Å². The van der Waals surface area contributed by atoms with Crippen LogP contribution in [0.5, 0.6) is 0 Å². The lowest BCUT2D eigenvalue weighted by molar-refractivity contribution is -0.302. The Bertz CT molecular complexity index is 1770. The Morgan fingerprint density at radius 3 is 2.31 bits per heavy atom. The number of carbonyl (C=O) groups excluding carboxylic acids is 5. The lowest BCUT2D eigenvalue weighted by Gasteiger charge is -2.47. The van der Waals surface area contributed by atoms with Gasteiger partial charge in [-0.1, -0.05) is 51.0 Å². The number of thioether (sulfide) groups is 1. The maximum Gasteiger partial charge on any atom is 0.329 e. The molecule has 3 saturated heterocycles. The average molecular weight is 960 g/mol. The van der Waals surface area contributed by atoms with Crippen molar-refractivity contribution in [3.8, 4) is 0 Å². The minimum absolute atomic E-state index is 0.00769. The molecule has 0 aromatic rings. The summed E-state index contributed by atoms with van der Waals surface area (Å²) in [5, 5.41) is 24.3. The molecular weight excluding hydrogens is 879 g/mol. The number of fused-ring (bicyclic) bond motifs is 3. The molecular formula is C52H81NO13S. The van der Waals surface area contributed by atoms with E-state index in [4.69, 9.17) is 28.4 Å². The SMILES string of the molecule is C=CC[C@@H]1/C=C(\C)C[C@H](C)C[C@H](OC)[C@H]2O[C@@](O)(C(=O)C(=O)N3CCCC[C@H]3C(=O)OC(/C(C)=C/[C@H]3CC[C@@H](SCCCCC4CCOC4=O)[C@H](OC)C3)[C@H](C)[C@@H](O)CC1=O)[C@H](C)C[C@@H]2OC. The third-order valence-electron chi connectivity index (χ3n) is 15.2. The van der Waals surface area contributed by atoms with Crippen LogP contribution in [-0.2, 0) is 52.4 Å². The van der Waals surface area contributed by atoms with E-state index in [1.807, 2.05) is 38.6 Å². The van der Waals surface area contributed by atoms with E-state index in [2.05, 4.69) is 12.7 Å². The number of rotatable bonds is 13. The van der Waals surface area contributed by atoms with Gasteiger partial charge in [-0.3, -0.25) is 19.2 Å². The molecule has 4 fully saturated rings. The number of hydrogen-bond donors (Lipinski definition) is 2. The standard InChI is InChI=1S/C52H81NO13S/c1-10-15-38-25-31(2)24-32(3)26-43(62-8)47-44(63-9)28-34(5)52(60,66-47)48(56)49(57)53-21-13-11-17-39(53)51(59)65-46(35(6)40(54)30-41(38)55)33(4)27-36-18-19-45(42(29-36)61-7)67-23-14-12-16-37-20-22-64-50(37)58/h10,25,27,32,34-40,42-47,54,60H,1,11-24,26,28-30H2,2-9H3/b31-25+,33-27+/t32-,34+,35+,36+,37?,38+,39-,40-,42+,43-,44-,45+,46?,47+,52+/m0/s1. The van der Waals surface area contributed by atoms with Gasteiger partial charge in [0.25, 0.3) is 11.7 Å². The number of amides is 1. The molecule has 4 aliphatic heterocycles. The third-order valence-corrected chi connectivity index (χ3v) is 16.7. The number of carbonyl (C=O) groups is 5. The molecule has 14 nitrogen and oxygen atoms in total. The van der Waals surface area contributed by atoms with Crippen molar-refractivity contribution < 1.29 is 62.6 Å². The Hall–Kier alpha value is -2.92. The number of cyclic esters (lactones) is 2. The summed E-state index contributed by atoms with van der Waals surface area (Å²) in [4.78, 5) is 70.5. The molecule has 0 aromatic heterocycles. The molecule has 1 amide bonds. The highest BCUT2D eigenvalue weighted by molar-refractivity contribution is 7.99. The van der Waals surface area contributed by atoms with Gasteiger partial charge in [0.1, 0.15) is 24.0 Å². The molecule has 1 saturated carbocycles. The quantitative estimate of drug-likeness (QED) is 0.0824. The highest BCUT2D eigenvalue weighted by Crippen LogP contribution is 2.40. The van der Waals surface area contributed by atoms with E-state index in [9.17, 15) is 34.2 Å². The summed E-state index contributed by atoms with van der Waals surface area (Å²) in [5.74, 6) is -6.67. The molecule has 2 N–H and O–H groups in total. The highest BCUT2D eigenvalue weighted by atomic mass is 32.2. The van der Waals surface area contributed by atoms with Gasteiger partial charge in [-0.05, 0) is 120 Å². The number of piperidine rings is 1. The number of aliphatic hydroxyl groups is 2. The van der Waals surface area contributed by atoms with Crippen LogP contribution in [-0.4, -0.2) is 138 Å². The van der Waals surface area contributed by atoms with Gasteiger partial charge in [0.15, 0.2) is 0 Å². The zero-order chi connectivity index (χ0) is 49.0. The van der Waals surface area contributed by atoms with Gasteiger partial charge in [0, 0.05) is 57.3 Å². The predicted molar refractivity (Wildman–Crippen MR) is 256 cm³/mol. The summed E-state index contributed by atoms with van der Waals surface area (Å²) in [7, 11) is 4.80. The molecule has 5 aliphatic rings. The summed E-state index contributed by atoms with van der Waals surface area (Å²) in [6.07, 6.45) is 10.5. The number of hydrogen-bond acceptors (Lipinski definition) is 14. The second-order valence-corrected chi connectivity index (χ2v) is 21.6. The molecule has 378 valence electrons. The number of methoxy groups -OCH3 is 3. The largest absolute Gasteiger partial charge is 0.465 e. The first-order valence-corrected chi connectivity index (χ1v) is 26.0. The van der Waals surface area contributed by atoms with Crippen molar-refractivity contribution in [1.82, 2.24) is 4.90 Å². The Kier molecular flexibility index (Phi) is 21.2. The topological polar surface area (TPSA) is 184 Å². The first kappa shape index (κ1) is 55.0. The number of ether oxygens (including phenoxy) is 6. The number of aliphatic hydroxyl groups excluding tert-OH is 1. The summed E-state index contributed by atoms with van der Waals surface area (Å²) >= 11 is 1.91. The van der Waals surface area contributed by atoms with Crippen molar-refractivity contribution in [2.45, 2.75) is 185 Å². The van der Waals surface area contributed by atoms with Crippen LogP contribution >= 0.6 is 11.8 Å². The zero-order valence-corrected chi connectivity index (χ0v) is 42.3. The Morgan fingerprint density at radius 1 is 0.925 bits per heavy atom. The Morgan fingerprint density at radius 2 is 1.64 bits per heavy atom. The van der Waals surface area contributed by atoms with E-state index < -0.39 is 77.8 Å². The minimum atomic E-state index is -2.51. The highest BCUT2D eigenvalue weighted by Gasteiger charge is 2.56. The van der Waals surface area contributed by atoms with Gasteiger partial charge >= 0.3 is 11.9 Å². The summed E-state index contributed by atoms with van der Waals surface area (Å²) in [6, 6.07) is -1.14. The van der Waals surface area contributed by atoms with Crippen LogP contribution < -0.4 is 0 Å². The zero-order valence-electron chi connectivity index (χ0n) is 41.5. The Balaban J connectivity index is 1.42. The first-order valence-electron chi connectivity index (χ1n) is 25.0. The maximum absolute atomic E-state index is 14.6. The van der Waals surface area contributed by atoms with Crippen molar-refractivity contribution in [2.24, 2.45) is 35.5 Å². The van der Waals surface area contributed by atoms with Crippen LogP contribution in [0.3, 0.4) is 0 Å². The molecule has 4 heterocycles. The third kappa shape index (κ3) is 14.1. The van der Waals surface area contributed by atoms with Crippen LogP contribution in [0.1, 0.15) is 131 Å². The van der Waals surface area contributed by atoms with Gasteiger partial charge in [-0.15, -0.1) is 6.58 Å². The van der Waals surface area contributed by atoms with Gasteiger partial charge in [-0.2, -0.15) is 11.8 Å².